The number of fused-ring (bicyclic) bond motifs is 2. The highest BCUT2D eigenvalue weighted by atomic mass is 35.5. The molecule has 390 valence electrons. The van der Waals surface area contributed by atoms with Gasteiger partial charge < -0.3 is 34.8 Å². The summed E-state index contributed by atoms with van der Waals surface area (Å²) in [6, 6.07) is 7.16. The SMILES string of the molecule is COC(=O)C1=C(CN2CCN3C(=O)N(CC(C)(C)CC(=O)NCCCCCCOc4cc(N5CCc6nc(-c7ncccn7)ncc6C5C)cc(F)c4F)C[C@@H]3C2)NC(c2nccs2)=N[C@H]1c1ccc(F)cc1Cl. The number of carbonyl (C=O) groups excluding carboxylic acids is 3. The smallest absolute Gasteiger partial charge is 0.338 e. The van der Waals surface area contributed by atoms with Gasteiger partial charge in [-0.1, -0.05) is 44.4 Å². The number of methoxy groups -OCH3 is 1. The van der Waals surface area contributed by atoms with Crippen molar-refractivity contribution in [2.45, 2.75) is 77.4 Å². The van der Waals surface area contributed by atoms with Crippen LogP contribution >= 0.6 is 22.9 Å². The van der Waals surface area contributed by atoms with Crippen molar-refractivity contribution in [2.24, 2.45) is 10.4 Å². The lowest BCUT2D eigenvalue weighted by molar-refractivity contribution is -0.136. The lowest BCUT2D eigenvalue weighted by Gasteiger charge is -2.38. The molecule has 22 heteroatoms. The summed E-state index contributed by atoms with van der Waals surface area (Å²) in [6.45, 7) is 9.85. The molecule has 7 heterocycles. The summed E-state index contributed by atoms with van der Waals surface area (Å²) in [5.74, 6) is -2.06. The van der Waals surface area contributed by atoms with Crippen molar-refractivity contribution in [1.29, 1.82) is 0 Å². The summed E-state index contributed by atoms with van der Waals surface area (Å²) in [4.78, 5) is 75.2. The second-order valence-corrected chi connectivity index (χ2v) is 20.9. The van der Waals surface area contributed by atoms with Gasteiger partial charge in [-0.2, -0.15) is 4.39 Å². The van der Waals surface area contributed by atoms with Crippen LogP contribution in [0, 0.1) is 22.9 Å². The average molecular weight is 1060 g/mol. The third kappa shape index (κ3) is 11.8. The molecule has 2 N–H and O–H groups in total. The molecule has 2 fully saturated rings. The second-order valence-electron chi connectivity index (χ2n) is 19.6. The van der Waals surface area contributed by atoms with E-state index >= 15 is 0 Å². The number of aromatic nitrogens is 5. The fraction of sp³-hybridized carbons (Fsp3) is 0.442. The lowest BCUT2D eigenvalue weighted by atomic mass is 9.88. The summed E-state index contributed by atoms with van der Waals surface area (Å²) in [5, 5.41) is 8.91. The van der Waals surface area contributed by atoms with Crippen molar-refractivity contribution >= 4 is 52.4 Å². The predicted molar refractivity (Wildman–Crippen MR) is 273 cm³/mol. The number of esters is 1. The van der Waals surface area contributed by atoms with Crippen LogP contribution in [-0.2, 0) is 20.7 Å². The molecule has 5 aromatic rings. The van der Waals surface area contributed by atoms with E-state index in [1.54, 1.807) is 36.9 Å². The highest BCUT2D eigenvalue weighted by Crippen LogP contribution is 2.39. The Bertz CT molecular complexity index is 2930. The Morgan fingerprint density at radius 1 is 0.946 bits per heavy atom. The van der Waals surface area contributed by atoms with E-state index < -0.39 is 34.9 Å². The predicted octanol–water partition coefficient (Wildman–Crippen LogP) is 7.70. The van der Waals surface area contributed by atoms with Gasteiger partial charge in [0.25, 0.3) is 0 Å². The van der Waals surface area contributed by atoms with Crippen LogP contribution < -0.4 is 20.3 Å². The van der Waals surface area contributed by atoms with E-state index in [-0.39, 0.29) is 53.4 Å². The topological polar surface area (TPSA) is 184 Å². The third-order valence-electron chi connectivity index (χ3n) is 13.7. The van der Waals surface area contributed by atoms with Crippen molar-refractivity contribution in [3.63, 3.8) is 0 Å². The van der Waals surface area contributed by atoms with Crippen LogP contribution in [0.5, 0.6) is 5.75 Å². The highest BCUT2D eigenvalue weighted by Gasteiger charge is 2.43. The van der Waals surface area contributed by atoms with E-state index in [0.717, 1.165) is 30.5 Å². The van der Waals surface area contributed by atoms with E-state index in [0.29, 0.717) is 105 Å². The number of hydrogen-bond acceptors (Lipinski definition) is 15. The molecule has 9 rings (SSSR count). The van der Waals surface area contributed by atoms with E-state index in [1.807, 2.05) is 40.9 Å². The number of urea groups is 1. The number of carbonyl (C=O) groups is 3. The van der Waals surface area contributed by atoms with Gasteiger partial charge in [-0.3, -0.25) is 14.7 Å². The Labute approximate surface area is 436 Å². The van der Waals surface area contributed by atoms with Crippen LogP contribution in [0.25, 0.3) is 11.6 Å². The number of amides is 3. The van der Waals surface area contributed by atoms with Crippen LogP contribution in [0.3, 0.4) is 0 Å². The molecule has 3 aromatic heterocycles. The zero-order valence-corrected chi connectivity index (χ0v) is 43.2. The first-order valence-corrected chi connectivity index (χ1v) is 26.0. The summed E-state index contributed by atoms with van der Waals surface area (Å²) in [5.41, 5.74) is 2.98. The van der Waals surface area contributed by atoms with Gasteiger partial charge in [-0.05, 0) is 43.4 Å². The van der Waals surface area contributed by atoms with E-state index in [2.05, 4.69) is 35.5 Å². The molecule has 0 aliphatic carbocycles. The standard InChI is InChI=1S/C52H58ClF3N12O5S/c1-31-36-26-61-47(46-58-14-9-15-59-46)62-39(36)12-17-67(31)33-23-38(55)44(56)41(24-33)73-20-8-6-5-7-13-57-42(69)25-52(2,3)30-66-28-34-27-65(18-19-68(34)51(66)71)29-40-43(50(70)72-4)45(35-11-10-32(54)22-37(35)53)64-48(63-40)49-60-16-21-74-49/h9-11,14-16,21-24,26,31,34,45H,5-8,12-13,17-20,25,27-30H2,1-4H3,(H,57,69)(H,63,64)/t31?,34-,45-/m0/s1. The zero-order valence-electron chi connectivity index (χ0n) is 41.6. The molecule has 4 aliphatic rings. The molecule has 4 aliphatic heterocycles. The third-order valence-corrected chi connectivity index (χ3v) is 14.8. The summed E-state index contributed by atoms with van der Waals surface area (Å²) >= 11 is 7.92. The Morgan fingerprint density at radius 2 is 1.76 bits per heavy atom. The van der Waals surface area contributed by atoms with E-state index in [9.17, 15) is 27.6 Å². The number of anilines is 1. The lowest BCUT2D eigenvalue weighted by Crippen LogP contribution is -2.53. The first-order chi connectivity index (χ1) is 35.7. The summed E-state index contributed by atoms with van der Waals surface area (Å²) in [7, 11) is 1.29. The van der Waals surface area contributed by atoms with Gasteiger partial charge in [-0.15, -0.1) is 11.3 Å². The van der Waals surface area contributed by atoms with Gasteiger partial charge >= 0.3 is 12.0 Å². The number of hydrogen-bond donors (Lipinski definition) is 2. The molecular formula is C52H58ClF3N12O5S. The largest absolute Gasteiger partial charge is 0.490 e. The van der Waals surface area contributed by atoms with Crippen molar-refractivity contribution < 1.29 is 37.0 Å². The number of ether oxygens (including phenoxy) is 2. The number of amidine groups is 1. The number of thiazole rings is 1. The van der Waals surface area contributed by atoms with Crippen LogP contribution in [-0.4, -0.2) is 135 Å². The summed E-state index contributed by atoms with van der Waals surface area (Å²) in [6.07, 6.45) is 10.4. The van der Waals surface area contributed by atoms with Crippen molar-refractivity contribution in [1.82, 2.24) is 50.3 Å². The Morgan fingerprint density at radius 3 is 2.53 bits per heavy atom. The molecule has 0 spiro atoms. The first-order valence-electron chi connectivity index (χ1n) is 24.7. The highest BCUT2D eigenvalue weighted by molar-refractivity contribution is 7.11. The van der Waals surface area contributed by atoms with Gasteiger partial charge in [0.2, 0.25) is 11.7 Å². The number of benzene rings is 2. The number of piperazine rings is 1. The van der Waals surface area contributed by atoms with Crippen LogP contribution in [0.2, 0.25) is 5.02 Å². The first kappa shape index (κ1) is 52.2. The minimum atomic E-state index is -1.03. The maximum absolute atomic E-state index is 15.0. The molecule has 0 saturated carbocycles. The number of halogens is 4. The maximum atomic E-state index is 15.0. The fourth-order valence-corrected chi connectivity index (χ4v) is 11.0. The number of nitrogens with zero attached hydrogens (tertiary/aromatic N) is 10. The fourth-order valence-electron chi connectivity index (χ4n) is 10.1. The number of unbranched alkanes of at least 4 members (excludes halogenated alkanes) is 3. The normalized spacial score (nSPS) is 19.0. The molecule has 0 bridgehead atoms. The van der Waals surface area contributed by atoms with Crippen LogP contribution in [0.4, 0.5) is 23.7 Å². The van der Waals surface area contributed by atoms with Crippen LogP contribution in [0.1, 0.15) is 86.8 Å². The minimum absolute atomic E-state index is 0.0741. The monoisotopic (exact) mass is 1050 g/mol. The Kier molecular flexibility index (Phi) is 16.1. The van der Waals surface area contributed by atoms with Gasteiger partial charge in [0, 0.05) is 135 Å². The molecular weight excluding hydrogens is 997 g/mol. The molecule has 2 saturated heterocycles. The maximum Gasteiger partial charge on any atom is 0.338 e. The second kappa shape index (κ2) is 22.8. The molecule has 3 atom stereocenters. The molecule has 17 nitrogen and oxygen atoms in total. The summed E-state index contributed by atoms with van der Waals surface area (Å²) < 4.78 is 55.1. The number of nitrogens with one attached hydrogen (secondary N) is 2. The zero-order chi connectivity index (χ0) is 52.1. The van der Waals surface area contributed by atoms with Crippen molar-refractivity contribution in [3.05, 3.63) is 122 Å². The quantitative estimate of drug-likeness (QED) is 0.0607. The van der Waals surface area contributed by atoms with E-state index in [4.69, 9.17) is 31.1 Å². The molecule has 1 unspecified atom stereocenters. The van der Waals surface area contributed by atoms with Crippen molar-refractivity contribution in [2.75, 3.05) is 71.0 Å². The van der Waals surface area contributed by atoms with Gasteiger partial charge in [0.05, 0.1) is 37.1 Å². The van der Waals surface area contributed by atoms with E-state index in [1.165, 1.54) is 42.7 Å². The number of rotatable bonds is 19. The van der Waals surface area contributed by atoms with Gasteiger partial charge in [-0.25, -0.2) is 43.3 Å². The molecule has 3 amide bonds. The Hall–Kier alpha value is -6.71. The van der Waals surface area contributed by atoms with Gasteiger partial charge in [0.1, 0.15) is 11.9 Å². The average Bonchev–Trinajstić information content (AvgIpc) is 4.04. The molecule has 74 heavy (non-hydrogen) atoms. The van der Waals surface area contributed by atoms with Gasteiger partial charge in [0.15, 0.2) is 34.1 Å². The van der Waals surface area contributed by atoms with Crippen LogP contribution in [0.15, 0.2) is 82.8 Å². The molecule has 0 radical (unpaired) electrons. The molecule has 2 aromatic carbocycles. The number of aliphatic imine (C=N–C) groups is 1. The van der Waals surface area contributed by atoms with Crippen molar-refractivity contribution in [3.8, 4) is 17.4 Å². The minimum Gasteiger partial charge on any atom is -0.490 e. The Balaban J connectivity index is 0.713.